The van der Waals surface area contributed by atoms with E-state index in [0.29, 0.717) is 0 Å². The number of aryl methyl sites for hydroxylation is 1. The van der Waals surface area contributed by atoms with E-state index >= 15 is 0 Å². The molecular formula is C13H21N3. The smallest absolute Gasteiger partial charge is 0.0480 e. The minimum atomic E-state index is 0.261. The van der Waals surface area contributed by atoms with Crippen molar-refractivity contribution in [3.63, 3.8) is 0 Å². The Hall–Kier alpha value is -0.930. The molecule has 1 aromatic rings. The first-order valence-corrected chi connectivity index (χ1v) is 6.19. The number of nitrogens with two attached hydrogens (primary N) is 1. The van der Waals surface area contributed by atoms with Crippen LogP contribution in [0.3, 0.4) is 0 Å². The second-order valence-corrected chi connectivity index (χ2v) is 4.78. The zero-order valence-corrected chi connectivity index (χ0v) is 9.95. The summed E-state index contributed by atoms with van der Waals surface area (Å²) in [6.45, 7) is 2.05. The summed E-state index contributed by atoms with van der Waals surface area (Å²) >= 11 is 0. The minimum absolute atomic E-state index is 0.261. The van der Waals surface area contributed by atoms with Crippen molar-refractivity contribution >= 4 is 0 Å². The summed E-state index contributed by atoms with van der Waals surface area (Å²) < 4.78 is 0. The van der Waals surface area contributed by atoms with Crippen LogP contribution in [0.1, 0.15) is 49.4 Å². The summed E-state index contributed by atoms with van der Waals surface area (Å²) in [5, 5.41) is 0. The zero-order valence-electron chi connectivity index (χ0n) is 9.95. The van der Waals surface area contributed by atoms with Gasteiger partial charge < -0.3 is 0 Å². The predicted octanol–water partition coefficient (Wildman–Crippen LogP) is 2.47. The second-order valence-electron chi connectivity index (χ2n) is 4.78. The normalized spacial score (nSPS) is 18.9. The molecule has 88 valence electrons. The van der Waals surface area contributed by atoms with E-state index < -0.39 is 0 Å². The number of aromatic nitrogens is 1. The quantitative estimate of drug-likeness (QED) is 0.604. The van der Waals surface area contributed by atoms with E-state index in [0.717, 1.165) is 18.0 Å². The van der Waals surface area contributed by atoms with Gasteiger partial charge in [-0.05, 0) is 30.9 Å². The Morgan fingerprint density at radius 2 is 2.25 bits per heavy atom. The van der Waals surface area contributed by atoms with Crippen molar-refractivity contribution in [1.82, 2.24) is 10.4 Å². The Bertz CT molecular complexity index is 332. The number of rotatable bonds is 4. The molecule has 1 aliphatic carbocycles. The van der Waals surface area contributed by atoms with E-state index in [1.54, 1.807) is 0 Å². The molecule has 3 nitrogen and oxygen atoms in total. The van der Waals surface area contributed by atoms with E-state index in [1.807, 2.05) is 19.2 Å². The monoisotopic (exact) mass is 219 g/mol. The van der Waals surface area contributed by atoms with E-state index in [4.69, 9.17) is 5.84 Å². The van der Waals surface area contributed by atoms with Gasteiger partial charge in [0.25, 0.3) is 0 Å². The number of nitrogens with zero attached hydrogens (tertiary/aromatic N) is 1. The molecule has 2 rings (SSSR count). The van der Waals surface area contributed by atoms with Crippen molar-refractivity contribution in [3.05, 3.63) is 29.6 Å². The largest absolute Gasteiger partial charge is 0.271 e. The van der Waals surface area contributed by atoms with E-state index in [-0.39, 0.29) is 6.04 Å². The lowest BCUT2D eigenvalue weighted by Crippen LogP contribution is -2.30. The van der Waals surface area contributed by atoms with Crippen LogP contribution in [0.4, 0.5) is 0 Å². The molecule has 0 bridgehead atoms. The van der Waals surface area contributed by atoms with Crippen LogP contribution in [0.15, 0.2) is 18.3 Å². The van der Waals surface area contributed by atoms with Crippen molar-refractivity contribution in [3.8, 4) is 0 Å². The third-order valence-corrected chi connectivity index (χ3v) is 3.67. The van der Waals surface area contributed by atoms with Gasteiger partial charge >= 0.3 is 0 Å². The first-order chi connectivity index (χ1) is 7.81. The number of hydrogen-bond donors (Lipinski definition) is 2. The Labute approximate surface area is 97.4 Å². The highest BCUT2D eigenvalue weighted by Crippen LogP contribution is 2.33. The summed E-state index contributed by atoms with van der Waals surface area (Å²) in [6, 6.07) is 4.38. The molecule has 1 unspecified atom stereocenters. The molecule has 3 heteroatoms. The average molecular weight is 219 g/mol. The summed E-state index contributed by atoms with van der Waals surface area (Å²) in [5.41, 5.74) is 5.28. The third kappa shape index (κ3) is 2.60. The van der Waals surface area contributed by atoms with Crippen LogP contribution in [0.2, 0.25) is 0 Å². The molecule has 1 fully saturated rings. The van der Waals surface area contributed by atoms with Gasteiger partial charge in [0, 0.05) is 17.9 Å². The van der Waals surface area contributed by atoms with Crippen LogP contribution < -0.4 is 11.3 Å². The highest BCUT2D eigenvalue weighted by atomic mass is 15.2. The van der Waals surface area contributed by atoms with E-state index in [9.17, 15) is 0 Å². The fourth-order valence-corrected chi connectivity index (χ4v) is 2.73. The summed E-state index contributed by atoms with van der Waals surface area (Å²) in [7, 11) is 0. The van der Waals surface area contributed by atoms with Gasteiger partial charge in [0.1, 0.15) is 0 Å². The fourth-order valence-electron chi connectivity index (χ4n) is 2.73. The van der Waals surface area contributed by atoms with Gasteiger partial charge in [-0.25, -0.2) is 0 Å². The molecule has 3 N–H and O–H groups in total. The van der Waals surface area contributed by atoms with E-state index in [1.165, 1.54) is 31.2 Å². The maximum atomic E-state index is 5.67. The zero-order chi connectivity index (χ0) is 11.4. The molecule has 0 aliphatic heterocycles. The third-order valence-electron chi connectivity index (χ3n) is 3.67. The average Bonchev–Trinajstić information content (AvgIpc) is 2.80. The van der Waals surface area contributed by atoms with Crippen molar-refractivity contribution in [2.24, 2.45) is 11.8 Å². The molecule has 0 saturated heterocycles. The molecule has 16 heavy (non-hydrogen) atoms. The summed E-state index contributed by atoms with van der Waals surface area (Å²) in [6.07, 6.45) is 8.46. The van der Waals surface area contributed by atoms with Crippen LogP contribution >= 0.6 is 0 Å². The van der Waals surface area contributed by atoms with Crippen LogP contribution in [0, 0.1) is 12.8 Å². The van der Waals surface area contributed by atoms with Gasteiger partial charge in [0.15, 0.2) is 0 Å². The molecule has 0 amide bonds. The van der Waals surface area contributed by atoms with Crippen molar-refractivity contribution in [1.29, 1.82) is 0 Å². The standard InChI is InChI=1S/C13H21N3/c1-10-12(7-4-8-15-10)13(16-14)9-11-5-2-3-6-11/h4,7-8,11,13,16H,2-3,5-6,9,14H2,1H3. The molecule has 0 radical (unpaired) electrons. The highest BCUT2D eigenvalue weighted by Gasteiger charge is 2.21. The Morgan fingerprint density at radius 3 is 2.88 bits per heavy atom. The fraction of sp³-hybridized carbons (Fsp3) is 0.615. The topological polar surface area (TPSA) is 50.9 Å². The maximum absolute atomic E-state index is 5.67. The number of hydrogen-bond acceptors (Lipinski definition) is 3. The minimum Gasteiger partial charge on any atom is -0.271 e. The molecule has 1 aromatic heterocycles. The van der Waals surface area contributed by atoms with Crippen LogP contribution in [0.25, 0.3) is 0 Å². The second kappa shape index (κ2) is 5.41. The van der Waals surface area contributed by atoms with Gasteiger partial charge in [0.05, 0.1) is 0 Å². The maximum Gasteiger partial charge on any atom is 0.0480 e. The molecule has 1 atom stereocenters. The molecule has 1 heterocycles. The Balaban J connectivity index is 2.06. The first-order valence-electron chi connectivity index (χ1n) is 6.19. The molecule has 1 saturated carbocycles. The predicted molar refractivity (Wildman–Crippen MR) is 65.6 cm³/mol. The molecule has 0 spiro atoms. The van der Waals surface area contributed by atoms with Crippen LogP contribution in [0.5, 0.6) is 0 Å². The van der Waals surface area contributed by atoms with Crippen LogP contribution in [-0.2, 0) is 0 Å². The number of hydrazine groups is 1. The van der Waals surface area contributed by atoms with Gasteiger partial charge in [-0.2, -0.15) is 0 Å². The lowest BCUT2D eigenvalue weighted by molar-refractivity contribution is 0.398. The van der Waals surface area contributed by atoms with Gasteiger partial charge in [-0.3, -0.25) is 16.3 Å². The number of nitrogens with one attached hydrogen (secondary N) is 1. The molecular weight excluding hydrogens is 198 g/mol. The SMILES string of the molecule is Cc1ncccc1C(CC1CCCC1)NN. The first kappa shape index (κ1) is 11.6. The van der Waals surface area contributed by atoms with E-state index in [2.05, 4.69) is 16.5 Å². The summed E-state index contributed by atoms with van der Waals surface area (Å²) in [4.78, 5) is 4.33. The summed E-state index contributed by atoms with van der Waals surface area (Å²) in [5.74, 6) is 6.51. The Morgan fingerprint density at radius 1 is 1.50 bits per heavy atom. The molecule has 1 aliphatic rings. The lowest BCUT2D eigenvalue weighted by atomic mass is 9.93. The lowest BCUT2D eigenvalue weighted by Gasteiger charge is -2.21. The van der Waals surface area contributed by atoms with Gasteiger partial charge in [-0.1, -0.05) is 31.7 Å². The molecule has 0 aromatic carbocycles. The number of pyridine rings is 1. The van der Waals surface area contributed by atoms with Gasteiger partial charge in [0.2, 0.25) is 0 Å². The van der Waals surface area contributed by atoms with Crippen LogP contribution in [-0.4, -0.2) is 4.98 Å². The van der Waals surface area contributed by atoms with Gasteiger partial charge in [-0.15, -0.1) is 0 Å². The van der Waals surface area contributed by atoms with Crippen molar-refractivity contribution in [2.75, 3.05) is 0 Å². The Kier molecular flexibility index (Phi) is 3.91. The van der Waals surface area contributed by atoms with Crippen molar-refractivity contribution in [2.45, 2.75) is 45.1 Å². The highest BCUT2D eigenvalue weighted by molar-refractivity contribution is 5.22. The van der Waals surface area contributed by atoms with Crippen molar-refractivity contribution < 1.29 is 0 Å².